The summed E-state index contributed by atoms with van der Waals surface area (Å²) in [5, 5.41) is 8.38. The molecule has 0 radical (unpaired) electrons. The Labute approximate surface area is 87.0 Å². The first-order chi connectivity index (χ1) is 7.03. The van der Waals surface area contributed by atoms with Crippen molar-refractivity contribution >= 4 is 15.8 Å². The van der Waals surface area contributed by atoms with E-state index in [0.717, 1.165) is 0 Å². The quantitative estimate of drug-likeness (QED) is 0.587. The second kappa shape index (κ2) is 4.89. The van der Waals surface area contributed by atoms with E-state index in [1.54, 1.807) is 7.05 Å². The summed E-state index contributed by atoms with van der Waals surface area (Å²) >= 11 is 0. The van der Waals surface area contributed by atoms with Crippen molar-refractivity contribution in [1.82, 2.24) is 15.5 Å². The smallest absolute Gasteiger partial charge is 0.264 e. The minimum atomic E-state index is -3.41. The van der Waals surface area contributed by atoms with E-state index < -0.39 is 10.0 Å². The average molecular weight is 232 g/mol. The highest BCUT2D eigenvalue weighted by molar-refractivity contribution is 7.92. The molecule has 0 spiro atoms. The van der Waals surface area contributed by atoms with Crippen LogP contribution in [0.15, 0.2) is 16.9 Å². The van der Waals surface area contributed by atoms with Crippen molar-refractivity contribution in [1.29, 1.82) is 0 Å². The second-order valence-corrected chi connectivity index (χ2v) is 4.67. The lowest BCUT2D eigenvalue weighted by Gasteiger charge is -2.05. The molecule has 3 N–H and O–H groups in total. The minimum absolute atomic E-state index is 0.0513. The summed E-state index contributed by atoms with van der Waals surface area (Å²) in [4.78, 5) is 10.7. The third-order valence-corrected chi connectivity index (χ3v) is 2.82. The fourth-order valence-corrected chi connectivity index (χ4v) is 1.86. The van der Waals surface area contributed by atoms with Crippen molar-refractivity contribution < 1.29 is 8.42 Å². The van der Waals surface area contributed by atoms with Gasteiger partial charge in [-0.1, -0.05) is 0 Å². The second-order valence-electron chi connectivity index (χ2n) is 2.83. The SMILES string of the molecule is CNCCS(=O)(=O)Nc1ccc(=O)[nH]n1. The van der Waals surface area contributed by atoms with E-state index in [1.807, 2.05) is 0 Å². The monoisotopic (exact) mass is 232 g/mol. The number of nitrogens with one attached hydrogen (secondary N) is 3. The molecule has 15 heavy (non-hydrogen) atoms. The molecular formula is C7H12N4O3S. The molecule has 0 unspecified atom stereocenters. The van der Waals surface area contributed by atoms with Gasteiger partial charge >= 0.3 is 0 Å². The topological polar surface area (TPSA) is 104 Å². The molecule has 0 aliphatic carbocycles. The summed E-state index contributed by atoms with van der Waals surface area (Å²) < 4.78 is 25.0. The summed E-state index contributed by atoms with van der Waals surface area (Å²) in [7, 11) is -1.75. The lowest BCUT2D eigenvalue weighted by Crippen LogP contribution is -2.25. The lowest BCUT2D eigenvalue weighted by atomic mass is 10.5. The summed E-state index contributed by atoms with van der Waals surface area (Å²) in [6.45, 7) is 0.346. The van der Waals surface area contributed by atoms with Crippen molar-refractivity contribution in [3.8, 4) is 0 Å². The highest BCUT2D eigenvalue weighted by atomic mass is 32.2. The Morgan fingerprint density at radius 3 is 2.73 bits per heavy atom. The number of sulfonamides is 1. The summed E-state index contributed by atoms with van der Waals surface area (Å²) in [5.41, 5.74) is -0.381. The number of nitrogens with zero attached hydrogens (tertiary/aromatic N) is 1. The predicted molar refractivity (Wildman–Crippen MR) is 56.2 cm³/mol. The number of aromatic nitrogens is 2. The van der Waals surface area contributed by atoms with Gasteiger partial charge in [-0.15, -0.1) is 0 Å². The van der Waals surface area contributed by atoms with E-state index in [9.17, 15) is 13.2 Å². The van der Waals surface area contributed by atoms with Gasteiger partial charge in [0.2, 0.25) is 10.0 Å². The van der Waals surface area contributed by atoms with E-state index in [0.29, 0.717) is 6.54 Å². The van der Waals surface area contributed by atoms with Gasteiger partial charge in [0.05, 0.1) is 5.75 Å². The normalized spacial score (nSPS) is 11.3. The maximum Gasteiger partial charge on any atom is 0.264 e. The van der Waals surface area contributed by atoms with Crippen molar-refractivity contribution in [2.24, 2.45) is 0 Å². The highest BCUT2D eigenvalue weighted by Crippen LogP contribution is 2.00. The van der Waals surface area contributed by atoms with E-state index >= 15 is 0 Å². The molecule has 84 valence electrons. The van der Waals surface area contributed by atoms with E-state index in [-0.39, 0.29) is 17.1 Å². The Balaban J connectivity index is 2.69. The first-order valence-electron chi connectivity index (χ1n) is 4.24. The molecule has 0 fully saturated rings. The molecule has 0 bridgehead atoms. The molecule has 7 nitrogen and oxygen atoms in total. The van der Waals surface area contributed by atoms with Crippen LogP contribution in [-0.4, -0.2) is 38.0 Å². The first-order valence-corrected chi connectivity index (χ1v) is 5.89. The van der Waals surface area contributed by atoms with Crippen LogP contribution in [0.4, 0.5) is 5.82 Å². The molecule has 0 aliphatic heterocycles. The maximum atomic E-state index is 11.4. The van der Waals surface area contributed by atoms with Gasteiger partial charge in [0.25, 0.3) is 5.56 Å². The van der Waals surface area contributed by atoms with Gasteiger partial charge in [-0.2, -0.15) is 5.10 Å². The van der Waals surface area contributed by atoms with Crippen LogP contribution in [0.3, 0.4) is 0 Å². The van der Waals surface area contributed by atoms with Crippen LogP contribution < -0.4 is 15.6 Å². The van der Waals surface area contributed by atoms with Crippen molar-refractivity contribution in [3.05, 3.63) is 22.5 Å². The summed E-state index contributed by atoms with van der Waals surface area (Å²) in [6, 6.07) is 2.50. The fraction of sp³-hybridized carbons (Fsp3) is 0.429. The van der Waals surface area contributed by atoms with Crippen molar-refractivity contribution in [2.75, 3.05) is 24.1 Å². The Bertz CT molecular complexity index is 447. The molecule has 1 aromatic heterocycles. The molecule has 0 aromatic carbocycles. The Morgan fingerprint density at radius 1 is 1.47 bits per heavy atom. The summed E-state index contributed by atoms with van der Waals surface area (Å²) in [6.07, 6.45) is 0. The number of anilines is 1. The zero-order valence-electron chi connectivity index (χ0n) is 8.15. The predicted octanol–water partition coefficient (Wildman–Crippen LogP) is -1.27. The standard InChI is InChI=1S/C7H12N4O3S/c1-8-4-5-15(13,14)11-6-2-3-7(12)10-9-6/h2-3,8H,4-5H2,1H3,(H,9,11)(H,10,12). The van der Waals surface area contributed by atoms with Gasteiger partial charge in [0, 0.05) is 12.6 Å². The minimum Gasteiger partial charge on any atom is -0.319 e. The van der Waals surface area contributed by atoms with Crippen LogP contribution in [0, 0.1) is 0 Å². The number of rotatable bonds is 5. The van der Waals surface area contributed by atoms with Gasteiger partial charge in [0.1, 0.15) is 0 Å². The molecule has 0 atom stereocenters. The molecule has 1 rings (SSSR count). The van der Waals surface area contributed by atoms with Crippen molar-refractivity contribution in [3.63, 3.8) is 0 Å². The van der Waals surface area contributed by atoms with Gasteiger partial charge in [-0.3, -0.25) is 9.52 Å². The van der Waals surface area contributed by atoms with Crippen LogP contribution in [0.5, 0.6) is 0 Å². The molecule has 0 aliphatic rings. The molecule has 0 saturated carbocycles. The number of hydrogen-bond donors (Lipinski definition) is 3. The van der Waals surface area contributed by atoms with E-state index in [1.165, 1.54) is 12.1 Å². The van der Waals surface area contributed by atoms with Crippen LogP contribution in [-0.2, 0) is 10.0 Å². The number of aromatic amines is 1. The largest absolute Gasteiger partial charge is 0.319 e. The first kappa shape index (κ1) is 11.7. The Hall–Kier alpha value is -1.41. The van der Waals surface area contributed by atoms with Crippen LogP contribution in [0.1, 0.15) is 0 Å². The van der Waals surface area contributed by atoms with Crippen LogP contribution in [0.25, 0.3) is 0 Å². The van der Waals surface area contributed by atoms with Gasteiger partial charge < -0.3 is 5.32 Å². The van der Waals surface area contributed by atoms with Gasteiger partial charge in [0.15, 0.2) is 5.82 Å². The number of hydrogen-bond acceptors (Lipinski definition) is 5. The van der Waals surface area contributed by atoms with Gasteiger partial charge in [-0.25, -0.2) is 13.5 Å². The van der Waals surface area contributed by atoms with Crippen LogP contribution in [0.2, 0.25) is 0 Å². The van der Waals surface area contributed by atoms with E-state index in [2.05, 4.69) is 20.2 Å². The Kier molecular flexibility index (Phi) is 3.81. The third-order valence-electron chi connectivity index (χ3n) is 1.56. The van der Waals surface area contributed by atoms with E-state index in [4.69, 9.17) is 0 Å². The number of H-pyrrole nitrogens is 1. The highest BCUT2D eigenvalue weighted by Gasteiger charge is 2.09. The maximum absolute atomic E-state index is 11.4. The fourth-order valence-electron chi connectivity index (χ4n) is 0.848. The van der Waals surface area contributed by atoms with Crippen molar-refractivity contribution in [2.45, 2.75) is 0 Å². The molecule has 1 heterocycles. The van der Waals surface area contributed by atoms with Gasteiger partial charge in [-0.05, 0) is 13.1 Å². The lowest BCUT2D eigenvalue weighted by molar-refractivity contribution is 0.598. The molecular weight excluding hydrogens is 220 g/mol. The summed E-state index contributed by atoms with van der Waals surface area (Å²) in [5.74, 6) is 0.0512. The molecule has 0 amide bonds. The zero-order valence-corrected chi connectivity index (χ0v) is 8.97. The molecule has 1 aromatic rings. The third kappa shape index (κ3) is 4.09. The molecule has 0 saturated heterocycles. The zero-order chi connectivity index (χ0) is 11.3. The van der Waals surface area contributed by atoms with Crippen LogP contribution >= 0.6 is 0 Å². The molecule has 8 heteroatoms. The average Bonchev–Trinajstić information content (AvgIpc) is 2.18. The Morgan fingerprint density at radius 2 is 2.20 bits per heavy atom.